The molecule has 1 aliphatic rings. The molecule has 10 heteroatoms. The number of nitro groups is 1. The zero-order valence-corrected chi connectivity index (χ0v) is 20.6. The van der Waals surface area contributed by atoms with Gasteiger partial charge < -0.3 is 9.72 Å². The van der Waals surface area contributed by atoms with Crippen molar-refractivity contribution >= 4 is 45.5 Å². The molecule has 180 valence electrons. The summed E-state index contributed by atoms with van der Waals surface area (Å²) in [5.41, 5.74) is 4.01. The monoisotopic (exact) mass is 510 g/mol. The average Bonchev–Trinajstić information content (AvgIpc) is 3.52. The summed E-state index contributed by atoms with van der Waals surface area (Å²) in [6, 6.07) is 10.4. The predicted octanol–water partition coefficient (Wildman–Crippen LogP) is 6.02. The Bertz CT molecular complexity index is 1410. The van der Waals surface area contributed by atoms with Crippen molar-refractivity contribution in [2.45, 2.75) is 25.3 Å². The van der Waals surface area contributed by atoms with Gasteiger partial charge in [-0.05, 0) is 49.7 Å². The molecule has 1 saturated heterocycles. The van der Waals surface area contributed by atoms with Crippen LogP contribution in [0.5, 0.6) is 0 Å². The number of nitro benzene ring substituents is 1. The molecule has 0 atom stereocenters. The fourth-order valence-corrected chi connectivity index (χ4v) is 5.75. The topological polar surface area (TPSA) is 101 Å². The van der Waals surface area contributed by atoms with E-state index in [2.05, 4.69) is 9.88 Å². The molecule has 0 aliphatic carbocycles. The number of benzene rings is 2. The van der Waals surface area contributed by atoms with Gasteiger partial charge in [-0.25, -0.2) is 9.78 Å². The number of esters is 1. The van der Waals surface area contributed by atoms with E-state index in [1.165, 1.54) is 18.7 Å². The smallest absolute Gasteiger partial charge is 0.337 e. The van der Waals surface area contributed by atoms with Gasteiger partial charge in [0.2, 0.25) is 0 Å². The second-order valence-corrected chi connectivity index (χ2v) is 9.91. The predicted molar refractivity (Wildman–Crippen MR) is 136 cm³/mol. The minimum atomic E-state index is -0.472. The van der Waals surface area contributed by atoms with Gasteiger partial charge in [-0.1, -0.05) is 23.7 Å². The van der Waals surface area contributed by atoms with Crippen LogP contribution in [0.4, 0.5) is 5.69 Å². The number of thiazole rings is 1. The number of piperidine rings is 1. The summed E-state index contributed by atoms with van der Waals surface area (Å²) < 4.78 is 4.81. The molecule has 1 fully saturated rings. The Labute approximate surface area is 210 Å². The van der Waals surface area contributed by atoms with Crippen molar-refractivity contribution in [1.29, 1.82) is 0 Å². The van der Waals surface area contributed by atoms with Crippen LogP contribution in [0.15, 0.2) is 48.0 Å². The molecule has 0 radical (unpaired) electrons. The van der Waals surface area contributed by atoms with Crippen molar-refractivity contribution < 1.29 is 14.5 Å². The summed E-state index contributed by atoms with van der Waals surface area (Å²) in [7, 11) is 1.38. The van der Waals surface area contributed by atoms with Crippen molar-refractivity contribution in [3.8, 4) is 11.3 Å². The number of nitrogens with zero attached hydrogens (tertiary/aromatic N) is 3. The van der Waals surface area contributed by atoms with Crippen LogP contribution in [0, 0.1) is 10.1 Å². The zero-order chi connectivity index (χ0) is 24.5. The summed E-state index contributed by atoms with van der Waals surface area (Å²) >= 11 is 7.55. The molecule has 0 bridgehead atoms. The lowest BCUT2D eigenvalue weighted by Crippen LogP contribution is -2.32. The van der Waals surface area contributed by atoms with Gasteiger partial charge in [0.1, 0.15) is 5.02 Å². The maximum atomic E-state index is 11.8. The Morgan fingerprint density at radius 3 is 2.83 bits per heavy atom. The molecule has 3 heterocycles. The van der Waals surface area contributed by atoms with E-state index in [0.29, 0.717) is 17.0 Å². The first kappa shape index (κ1) is 23.5. The number of hydrogen-bond acceptors (Lipinski definition) is 7. The molecular formula is C25H23ClN4O4S. The number of H-pyrrole nitrogens is 1. The van der Waals surface area contributed by atoms with Gasteiger partial charge in [0.25, 0.3) is 5.69 Å². The van der Waals surface area contributed by atoms with E-state index in [1.54, 1.807) is 29.5 Å². The van der Waals surface area contributed by atoms with Gasteiger partial charge in [0.05, 0.1) is 28.3 Å². The summed E-state index contributed by atoms with van der Waals surface area (Å²) in [5, 5.41) is 15.5. The van der Waals surface area contributed by atoms with Crippen LogP contribution in [-0.4, -0.2) is 46.0 Å². The second kappa shape index (κ2) is 9.77. The van der Waals surface area contributed by atoms with Crippen molar-refractivity contribution in [3.05, 3.63) is 79.2 Å². The third-order valence-electron chi connectivity index (χ3n) is 6.48. The summed E-state index contributed by atoms with van der Waals surface area (Å²) in [4.78, 5) is 33.0. The summed E-state index contributed by atoms with van der Waals surface area (Å²) in [6.07, 6.45) is 4.02. The molecule has 35 heavy (non-hydrogen) atoms. The Morgan fingerprint density at radius 1 is 1.29 bits per heavy atom. The molecule has 8 nitrogen and oxygen atoms in total. The van der Waals surface area contributed by atoms with Crippen molar-refractivity contribution in [2.24, 2.45) is 0 Å². The molecule has 1 N–H and O–H groups in total. The molecule has 0 amide bonds. The van der Waals surface area contributed by atoms with Crippen molar-refractivity contribution in [2.75, 3.05) is 20.2 Å². The second-order valence-electron chi connectivity index (χ2n) is 8.61. The van der Waals surface area contributed by atoms with Crippen LogP contribution in [0.1, 0.15) is 39.7 Å². The summed E-state index contributed by atoms with van der Waals surface area (Å²) in [5.74, 6) is 0.0302. The number of aromatic amines is 1. The number of rotatable bonds is 6. The molecule has 1 aliphatic heterocycles. The van der Waals surface area contributed by atoms with Crippen LogP contribution < -0.4 is 0 Å². The van der Waals surface area contributed by atoms with Gasteiger partial charge >= 0.3 is 5.97 Å². The number of hydrogen-bond donors (Lipinski definition) is 1. The number of carbonyl (C=O) groups is 1. The number of fused-ring (bicyclic) bond motifs is 1. The largest absolute Gasteiger partial charge is 0.465 e. The minimum Gasteiger partial charge on any atom is -0.465 e. The lowest BCUT2D eigenvalue weighted by Gasteiger charge is -2.30. The Hall–Kier alpha value is -3.27. The molecule has 0 saturated carbocycles. The molecule has 2 aromatic heterocycles. The SMILES string of the molecule is COC(=O)c1ccc2c(CN3CCC(c4nc(-c5ccc(Cl)c([N+](=O)[O-])c5)cs4)CC3)c[nH]c2c1. The van der Waals surface area contributed by atoms with Crippen LogP contribution >= 0.6 is 22.9 Å². The highest BCUT2D eigenvalue weighted by Gasteiger charge is 2.24. The van der Waals surface area contributed by atoms with Crippen molar-refractivity contribution in [1.82, 2.24) is 14.9 Å². The van der Waals surface area contributed by atoms with Crippen LogP contribution in [-0.2, 0) is 11.3 Å². The molecule has 4 aromatic rings. The fraction of sp³-hybridized carbons (Fsp3) is 0.280. The lowest BCUT2D eigenvalue weighted by atomic mass is 9.97. The number of carbonyl (C=O) groups excluding carboxylic acids is 1. The van der Waals surface area contributed by atoms with Crippen LogP contribution in [0.25, 0.3) is 22.2 Å². The van der Waals surface area contributed by atoms with Crippen molar-refractivity contribution in [3.63, 3.8) is 0 Å². The highest BCUT2D eigenvalue weighted by atomic mass is 35.5. The first-order chi connectivity index (χ1) is 16.9. The third kappa shape index (κ3) is 4.80. The molecular weight excluding hydrogens is 488 g/mol. The van der Waals surface area contributed by atoms with Crippen LogP contribution in [0.3, 0.4) is 0 Å². The summed E-state index contributed by atoms with van der Waals surface area (Å²) in [6.45, 7) is 2.75. The van der Waals surface area contributed by atoms with Crippen LogP contribution in [0.2, 0.25) is 5.02 Å². The molecule has 2 aromatic carbocycles. The molecule has 0 unspecified atom stereocenters. The van der Waals surface area contributed by atoms with Gasteiger partial charge in [0, 0.05) is 46.6 Å². The van der Waals surface area contributed by atoms with E-state index in [9.17, 15) is 14.9 Å². The number of halogens is 1. The molecule has 0 spiro atoms. The van der Waals surface area contributed by atoms with E-state index in [0.717, 1.165) is 54.1 Å². The van der Waals surface area contributed by atoms with Gasteiger partial charge in [-0.3, -0.25) is 15.0 Å². The quantitative estimate of drug-likeness (QED) is 0.193. The third-order valence-corrected chi connectivity index (χ3v) is 7.81. The fourth-order valence-electron chi connectivity index (χ4n) is 4.56. The number of methoxy groups -OCH3 is 1. The van der Waals surface area contributed by atoms with E-state index in [4.69, 9.17) is 21.3 Å². The van der Waals surface area contributed by atoms with Gasteiger partial charge in [-0.15, -0.1) is 11.3 Å². The first-order valence-corrected chi connectivity index (χ1v) is 12.5. The van der Waals surface area contributed by atoms with Gasteiger partial charge in [-0.2, -0.15) is 0 Å². The molecule has 5 rings (SSSR count). The normalized spacial score (nSPS) is 14.9. The standard InChI is InChI=1S/C25H23ClN4O4S/c1-34-25(31)17-2-4-19-18(12-27-21(19)10-17)13-29-8-6-15(7-9-29)24-28-22(14-35-24)16-3-5-20(26)23(11-16)30(32)33/h2-5,10-12,14-15,27H,6-9,13H2,1H3. The van der Waals surface area contributed by atoms with E-state index in [-0.39, 0.29) is 16.7 Å². The number of likely N-dealkylation sites (tertiary alicyclic amines) is 1. The Kier molecular flexibility index (Phi) is 6.55. The van der Waals surface area contributed by atoms with E-state index in [1.807, 2.05) is 23.7 Å². The highest BCUT2D eigenvalue weighted by molar-refractivity contribution is 7.10. The lowest BCUT2D eigenvalue weighted by molar-refractivity contribution is -0.384. The maximum absolute atomic E-state index is 11.8. The maximum Gasteiger partial charge on any atom is 0.337 e. The van der Waals surface area contributed by atoms with Gasteiger partial charge in [0.15, 0.2) is 0 Å². The highest BCUT2D eigenvalue weighted by Crippen LogP contribution is 2.35. The Balaban J connectivity index is 1.23. The first-order valence-electron chi connectivity index (χ1n) is 11.2. The Morgan fingerprint density at radius 2 is 2.09 bits per heavy atom. The minimum absolute atomic E-state index is 0.106. The number of ether oxygens (including phenoxy) is 1. The zero-order valence-electron chi connectivity index (χ0n) is 19.0. The number of aromatic nitrogens is 2. The average molecular weight is 511 g/mol. The van der Waals surface area contributed by atoms with E-state index >= 15 is 0 Å². The van der Waals surface area contributed by atoms with E-state index < -0.39 is 4.92 Å². The number of nitrogens with one attached hydrogen (secondary N) is 1.